The molecular formula is C22H24N4O3. The lowest BCUT2D eigenvalue weighted by Gasteiger charge is -2.16. The Labute approximate surface area is 168 Å². The largest absolute Gasteiger partial charge is 0.466 e. The lowest BCUT2D eigenvalue weighted by Crippen LogP contribution is -2.34. The highest BCUT2D eigenvalue weighted by Crippen LogP contribution is 2.27. The van der Waals surface area contributed by atoms with Crippen molar-refractivity contribution in [3.8, 4) is 11.3 Å². The number of aryl methyl sites for hydroxylation is 4. The molecule has 1 aliphatic carbocycles. The number of nitrogens with two attached hydrogens (primary N) is 1. The van der Waals surface area contributed by atoms with Crippen LogP contribution >= 0.6 is 0 Å². The number of anilines is 2. The molecule has 0 unspecified atom stereocenters. The molecule has 7 nitrogen and oxygen atoms in total. The maximum Gasteiger partial charge on any atom is 0.290 e. The molecule has 7 heteroatoms. The first-order valence-corrected chi connectivity index (χ1v) is 9.73. The number of amides is 1. The highest BCUT2D eigenvalue weighted by molar-refractivity contribution is 5.93. The third kappa shape index (κ3) is 3.55. The number of rotatable bonds is 4. The zero-order valence-electron chi connectivity index (χ0n) is 16.8. The second-order valence-corrected chi connectivity index (χ2v) is 7.56. The standard InChI is InChI=1S/C22H24N4O3/c1-12-9-18(14(3)29-12)20-11-19(23)22(28)26(25-20)13(2)21(27)24-17-8-7-15-5-4-6-16(15)10-17/h7-11,13H,4-6,23H2,1-3H3,(H,24,27)/t13-/m0/s1. The Hall–Kier alpha value is -3.35. The zero-order valence-corrected chi connectivity index (χ0v) is 16.8. The lowest BCUT2D eigenvalue weighted by molar-refractivity contribution is -0.119. The number of benzene rings is 1. The van der Waals surface area contributed by atoms with Crippen molar-refractivity contribution in [1.29, 1.82) is 0 Å². The number of carbonyl (C=O) groups is 1. The van der Waals surface area contributed by atoms with Gasteiger partial charge in [0.05, 0.1) is 5.69 Å². The van der Waals surface area contributed by atoms with Gasteiger partial charge in [-0.3, -0.25) is 9.59 Å². The number of hydrogen-bond acceptors (Lipinski definition) is 5. The van der Waals surface area contributed by atoms with Crippen LogP contribution in [0.25, 0.3) is 11.3 Å². The first kappa shape index (κ1) is 19.0. The van der Waals surface area contributed by atoms with E-state index in [0.717, 1.165) is 41.0 Å². The molecule has 2 aromatic heterocycles. The van der Waals surface area contributed by atoms with Gasteiger partial charge in [-0.1, -0.05) is 6.07 Å². The fourth-order valence-corrected chi connectivity index (χ4v) is 3.82. The predicted octanol–water partition coefficient (Wildman–Crippen LogP) is 3.39. The number of carbonyl (C=O) groups excluding carboxylic acids is 1. The maximum atomic E-state index is 12.8. The highest BCUT2D eigenvalue weighted by Gasteiger charge is 2.22. The van der Waals surface area contributed by atoms with Crippen molar-refractivity contribution < 1.29 is 9.21 Å². The molecule has 1 atom stereocenters. The van der Waals surface area contributed by atoms with E-state index in [-0.39, 0.29) is 11.6 Å². The van der Waals surface area contributed by atoms with E-state index in [0.29, 0.717) is 11.5 Å². The molecule has 150 valence electrons. The Morgan fingerprint density at radius 3 is 2.69 bits per heavy atom. The topological polar surface area (TPSA) is 103 Å². The maximum absolute atomic E-state index is 12.8. The molecular weight excluding hydrogens is 368 g/mol. The predicted molar refractivity (Wildman–Crippen MR) is 112 cm³/mol. The van der Waals surface area contributed by atoms with Crippen LogP contribution in [-0.2, 0) is 17.6 Å². The molecule has 0 saturated carbocycles. The van der Waals surface area contributed by atoms with Crippen LogP contribution in [0.15, 0.2) is 39.5 Å². The van der Waals surface area contributed by atoms with Crippen LogP contribution in [0, 0.1) is 13.8 Å². The molecule has 0 aliphatic heterocycles. The Morgan fingerprint density at radius 2 is 1.97 bits per heavy atom. The van der Waals surface area contributed by atoms with Crippen LogP contribution in [0.3, 0.4) is 0 Å². The van der Waals surface area contributed by atoms with E-state index in [1.165, 1.54) is 17.2 Å². The highest BCUT2D eigenvalue weighted by atomic mass is 16.3. The molecule has 2 heterocycles. The molecule has 0 saturated heterocycles. The van der Waals surface area contributed by atoms with E-state index in [2.05, 4.69) is 16.5 Å². The zero-order chi connectivity index (χ0) is 20.7. The summed E-state index contributed by atoms with van der Waals surface area (Å²) in [5, 5.41) is 7.29. The summed E-state index contributed by atoms with van der Waals surface area (Å²) >= 11 is 0. The van der Waals surface area contributed by atoms with Crippen molar-refractivity contribution >= 4 is 17.3 Å². The Morgan fingerprint density at radius 1 is 1.21 bits per heavy atom. The van der Waals surface area contributed by atoms with Crippen molar-refractivity contribution in [2.45, 2.75) is 46.1 Å². The number of nitrogen functional groups attached to an aromatic ring is 1. The van der Waals surface area contributed by atoms with Gasteiger partial charge in [0.15, 0.2) is 0 Å². The van der Waals surface area contributed by atoms with Gasteiger partial charge in [-0.25, -0.2) is 4.68 Å². The van der Waals surface area contributed by atoms with Gasteiger partial charge in [-0.15, -0.1) is 0 Å². The number of nitrogens with one attached hydrogen (secondary N) is 1. The second kappa shape index (κ2) is 7.24. The summed E-state index contributed by atoms with van der Waals surface area (Å²) in [6, 6.07) is 8.48. The van der Waals surface area contributed by atoms with Crippen molar-refractivity contribution in [3.05, 3.63) is 63.3 Å². The van der Waals surface area contributed by atoms with Gasteiger partial charge in [0.25, 0.3) is 5.56 Å². The van der Waals surface area contributed by atoms with Crippen LogP contribution in [0.2, 0.25) is 0 Å². The number of aromatic nitrogens is 2. The lowest BCUT2D eigenvalue weighted by atomic mass is 10.1. The van der Waals surface area contributed by atoms with E-state index >= 15 is 0 Å². The molecule has 0 radical (unpaired) electrons. The minimum Gasteiger partial charge on any atom is -0.466 e. The van der Waals surface area contributed by atoms with Gasteiger partial charge in [0.2, 0.25) is 5.91 Å². The van der Waals surface area contributed by atoms with E-state index in [1.807, 2.05) is 32.0 Å². The monoisotopic (exact) mass is 392 g/mol. The fourth-order valence-electron chi connectivity index (χ4n) is 3.82. The summed E-state index contributed by atoms with van der Waals surface area (Å²) in [6.07, 6.45) is 3.25. The smallest absolute Gasteiger partial charge is 0.290 e. The summed E-state index contributed by atoms with van der Waals surface area (Å²) in [4.78, 5) is 25.4. The van der Waals surface area contributed by atoms with Crippen LogP contribution in [-0.4, -0.2) is 15.7 Å². The number of hydrogen-bond donors (Lipinski definition) is 2. The normalized spacial score (nSPS) is 13.9. The van der Waals surface area contributed by atoms with Crippen LogP contribution in [0.1, 0.15) is 42.0 Å². The molecule has 0 spiro atoms. The first-order chi connectivity index (χ1) is 13.8. The van der Waals surface area contributed by atoms with Gasteiger partial charge in [-0.2, -0.15) is 5.10 Å². The Kier molecular flexibility index (Phi) is 4.74. The molecule has 0 bridgehead atoms. The molecule has 1 aliphatic rings. The molecule has 29 heavy (non-hydrogen) atoms. The number of nitrogens with zero attached hydrogens (tertiary/aromatic N) is 2. The minimum atomic E-state index is -0.827. The van der Waals surface area contributed by atoms with Crippen molar-refractivity contribution in [3.63, 3.8) is 0 Å². The third-order valence-electron chi connectivity index (χ3n) is 5.39. The van der Waals surface area contributed by atoms with E-state index in [1.54, 1.807) is 6.92 Å². The van der Waals surface area contributed by atoms with Gasteiger partial charge in [0.1, 0.15) is 23.2 Å². The summed E-state index contributed by atoms with van der Waals surface area (Å²) in [5.74, 6) is 1.09. The average molecular weight is 392 g/mol. The summed E-state index contributed by atoms with van der Waals surface area (Å²) < 4.78 is 6.69. The Balaban J connectivity index is 1.64. The summed E-state index contributed by atoms with van der Waals surface area (Å²) in [5.41, 5.74) is 10.0. The average Bonchev–Trinajstić information content (AvgIpc) is 3.28. The summed E-state index contributed by atoms with van der Waals surface area (Å²) in [7, 11) is 0. The summed E-state index contributed by atoms with van der Waals surface area (Å²) in [6.45, 7) is 5.29. The van der Waals surface area contributed by atoms with Crippen molar-refractivity contribution in [1.82, 2.24) is 9.78 Å². The molecule has 3 N–H and O–H groups in total. The molecule has 4 rings (SSSR count). The van der Waals surface area contributed by atoms with Crippen LogP contribution in [0.4, 0.5) is 11.4 Å². The van der Waals surface area contributed by atoms with E-state index in [4.69, 9.17) is 10.2 Å². The first-order valence-electron chi connectivity index (χ1n) is 9.73. The molecule has 0 fully saturated rings. The van der Waals surface area contributed by atoms with Crippen molar-refractivity contribution in [2.75, 3.05) is 11.1 Å². The Bertz CT molecular complexity index is 1160. The van der Waals surface area contributed by atoms with Crippen LogP contribution in [0.5, 0.6) is 0 Å². The molecule has 3 aromatic rings. The molecule has 1 amide bonds. The fraction of sp³-hybridized carbons (Fsp3) is 0.318. The number of furan rings is 1. The van der Waals surface area contributed by atoms with Gasteiger partial charge in [-0.05, 0) is 75.4 Å². The van der Waals surface area contributed by atoms with Crippen LogP contribution < -0.4 is 16.6 Å². The minimum absolute atomic E-state index is 0.0328. The van der Waals surface area contributed by atoms with Gasteiger partial charge < -0.3 is 15.5 Å². The van der Waals surface area contributed by atoms with E-state index < -0.39 is 11.6 Å². The van der Waals surface area contributed by atoms with Crippen molar-refractivity contribution in [2.24, 2.45) is 0 Å². The van der Waals surface area contributed by atoms with E-state index in [9.17, 15) is 9.59 Å². The SMILES string of the molecule is Cc1cc(-c2cc(N)c(=O)n([C@@H](C)C(=O)Nc3ccc4c(c3)CCC4)n2)c(C)o1. The van der Waals surface area contributed by atoms with Gasteiger partial charge >= 0.3 is 0 Å². The second-order valence-electron chi connectivity index (χ2n) is 7.56. The third-order valence-corrected chi connectivity index (χ3v) is 5.39. The quantitative estimate of drug-likeness (QED) is 0.708. The molecule has 1 aromatic carbocycles. The van der Waals surface area contributed by atoms with Gasteiger partial charge in [0, 0.05) is 11.3 Å². The number of fused-ring (bicyclic) bond motifs is 1.